The van der Waals surface area contributed by atoms with Gasteiger partial charge in [0.15, 0.2) is 5.76 Å². The van der Waals surface area contributed by atoms with Crippen LogP contribution in [0.1, 0.15) is 10.6 Å². The van der Waals surface area contributed by atoms with Gasteiger partial charge < -0.3 is 14.5 Å². The van der Waals surface area contributed by atoms with Crippen LogP contribution in [0.5, 0.6) is 0 Å². The molecule has 0 saturated carbocycles. The van der Waals surface area contributed by atoms with Crippen LogP contribution in [0.15, 0.2) is 16.5 Å². The Morgan fingerprint density at radius 2 is 2.40 bits per heavy atom. The van der Waals surface area contributed by atoms with E-state index in [1.54, 1.807) is 0 Å². The summed E-state index contributed by atoms with van der Waals surface area (Å²) in [5.41, 5.74) is 0. The standard InChI is InChI=1S/C8H10N2O5/c1-14-5-4-9-8(11)6-2-3-7(15-6)10(12)13/h2-3H,4-5H2,1H3,(H,9,11). The first-order valence-corrected chi connectivity index (χ1v) is 4.16. The van der Waals surface area contributed by atoms with Gasteiger partial charge in [0.25, 0.3) is 5.91 Å². The molecule has 82 valence electrons. The molecule has 1 N–H and O–H groups in total. The number of ether oxygens (including phenoxy) is 1. The highest BCUT2D eigenvalue weighted by Gasteiger charge is 2.16. The van der Waals surface area contributed by atoms with Gasteiger partial charge in [0.05, 0.1) is 12.7 Å². The van der Waals surface area contributed by atoms with E-state index < -0.39 is 16.7 Å². The van der Waals surface area contributed by atoms with Gasteiger partial charge in [-0.1, -0.05) is 0 Å². The van der Waals surface area contributed by atoms with Crippen LogP contribution in [-0.4, -0.2) is 31.1 Å². The summed E-state index contributed by atoms with van der Waals surface area (Å²) in [7, 11) is 1.50. The van der Waals surface area contributed by atoms with Crippen LogP contribution in [0.3, 0.4) is 0 Å². The minimum atomic E-state index is -0.702. The molecule has 0 atom stereocenters. The lowest BCUT2D eigenvalue weighted by molar-refractivity contribution is -0.402. The van der Waals surface area contributed by atoms with Crippen LogP contribution in [-0.2, 0) is 4.74 Å². The van der Waals surface area contributed by atoms with Crippen LogP contribution >= 0.6 is 0 Å². The van der Waals surface area contributed by atoms with Gasteiger partial charge in [0.1, 0.15) is 4.92 Å². The third-order valence-corrected chi connectivity index (χ3v) is 1.59. The average molecular weight is 214 g/mol. The summed E-state index contributed by atoms with van der Waals surface area (Å²) in [6.07, 6.45) is 0. The zero-order valence-electron chi connectivity index (χ0n) is 8.06. The van der Waals surface area contributed by atoms with Crippen LogP contribution in [0.2, 0.25) is 0 Å². The molecule has 1 aromatic heterocycles. The Balaban J connectivity index is 2.54. The number of amides is 1. The zero-order chi connectivity index (χ0) is 11.3. The maximum Gasteiger partial charge on any atom is 0.433 e. The van der Waals surface area contributed by atoms with Crippen molar-refractivity contribution in [1.82, 2.24) is 5.32 Å². The third kappa shape index (κ3) is 3.06. The first-order chi connectivity index (χ1) is 7.15. The van der Waals surface area contributed by atoms with Gasteiger partial charge in [0.2, 0.25) is 0 Å². The first-order valence-electron chi connectivity index (χ1n) is 4.16. The molecule has 0 spiro atoms. The predicted molar refractivity (Wildman–Crippen MR) is 49.6 cm³/mol. The largest absolute Gasteiger partial charge is 0.433 e. The quantitative estimate of drug-likeness (QED) is 0.439. The van der Waals surface area contributed by atoms with Crippen molar-refractivity contribution in [2.45, 2.75) is 0 Å². The SMILES string of the molecule is COCCNC(=O)c1ccc([N+](=O)[O-])o1. The summed E-state index contributed by atoms with van der Waals surface area (Å²) in [6.45, 7) is 0.693. The minimum Gasteiger partial charge on any atom is -0.395 e. The Kier molecular flexibility index (Phi) is 3.81. The number of hydrogen-bond donors (Lipinski definition) is 1. The lowest BCUT2D eigenvalue weighted by atomic mass is 10.4. The van der Waals surface area contributed by atoms with Gasteiger partial charge in [-0.3, -0.25) is 14.9 Å². The molecule has 15 heavy (non-hydrogen) atoms. The lowest BCUT2D eigenvalue weighted by Gasteiger charge is -2.00. The van der Waals surface area contributed by atoms with E-state index in [2.05, 4.69) is 9.73 Å². The normalized spacial score (nSPS) is 9.93. The summed E-state index contributed by atoms with van der Waals surface area (Å²) in [5.74, 6) is -1.04. The van der Waals surface area contributed by atoms with Crippen molar-refractivity contribution in [3.05, 3.63) is 28.0 Å². The maximum atomic E-state index is 11.3. The molecule has 0 bridgehead atoms. The fourth-order valence-corrected chi connectivity index (χ4v) is 0.902. The van der Waals surface area contributed by atoms with Crippen LogP contribution < -0.4 is 5.32 Å². The third-order valence-electron chi connectivity index (χ3n) is 1.59. The molecule has 0 unspecified atom stereocenters. The predicted octanol–water partition coefficient (Wildman–Crippen LogP) is 0.564. The van der Waals surface area contributed by atoms with Gasteiger partial charge in [-0.25, -0.2) is 0 Å². The Labute approximate surface area is 85.2 Å². The number of nitro groups is 1. The van der Waals surface area contributed by atoms with Crippen molar-refractivity contribution in [2.24, 2.45) is 0 Å². The summed E-state index contributed by atoms with van der Waals surface area (Å²) in [5, 5.41) is 12.7. The second-order valence-corrected chi connectivity index (χ2v) is 2.64. The maximum absolute atomic E-state index is 11.3. The number of nitrogens with one attached hydrogen (secondary N) is 1. The van der Waals surface area contributed by atoms with Crippen molar-refractivity contribution >= 4 is 11.8 Å². The van der Waals surface area contributed by atoms with E-state index in [9.17, 15) is 14.9 Å². The van der Waals surface area contributed by atoms with Gasteiger partial charge in [-0.2, -0.15) is 0 Å². The Morgan fingerprint density at radius 1 is 1.67 bits per heavy atom. The van der Waals surface area contributed by atoms with Crippen molar-refractivity contribution in [3.8, 4) is 0 Å². The number of hydrogen-bond acceptors (Lipinski definition) is 5. The highest BCUT2D eigenvalue weighted by Crippen LogP contribution is 2.15. The number of furan rings is 1. The molecule has 0 radical (unpaired) electrons. The number of rotatable bonds is 5. The molecular weight excluding hydrogens is 204 g/mol. The van der Waals surface area contributed by atoms with E-state index in [0.717, 1.165) is 6.07 Å². The molecule has 0 aliphatic carbocycles. The van der Waals surface area contributed by atoms with Crippen molar-refractivity contribution < 1.29 is 18.9 Å². The topological polar surface area (TPSA) is 94.6 Å². The van der Waals surface area contributed by atoms with Crippen molar-refractivity contribution in [3.63, 3.8) is 0 Å². The number of methoxy groups -OCH3 is 1. The Bertz CT molecular complexity index is 360. The average Bonchev–Trinajstić information content (AvgIpc) is 2.66. The van der Waals surface area contributed by atoms with E-state index in [1.807, 2.05) is 0 Å². The molecule has 0 aliphatic rings. The van der Waals surface area contributed by atoms with E-state index in [4.69, 9.17) is 4.74 Å². The van der Waals surface area contributed by atoms with Crippen LogP contribution in [0, 0.1) is 10.1 Å². The molecule has 7 heteroatoms. The second-order valence-electron chi connectivity index (χ2n) is 2.64. The molecule has 1 aromatic rings. The molecular formula is C8H10N2O5. The summed E-state index contributed by atoms with van der Waals surface area (Å²) in [4.78, 5) is 20.8. The van der Waals surface area contributed by atoms with Gasteiger partial charge in [-0.15, -0.1) is 0 Å². The fraction of sp³-hybridized carbons (Fsp3) is 0.375. The highest BCUT2D eigenvalue weighted by atomic mass is 16.6. The molecule has 1 rings (SSSR count). The van der Waals surface area contributed by atoms with Crippen molar-refractivity contribution in [1.29, 1.82) is 0 Å². The number of carbonyl (C=O) groups is 1. The smallest absolute Gasteiger partial charge is 0.395 e. The van der Waals surface area contributed by atoms with E-state index in [0.29, 0.717) is 13.2 Å². The monoisotopic (exact) mass is 214 g/mol. The van der Waals surface area contributed by atoms with Crippen LogP contribution in [0.25, 0.3) is 0 Å². The number of carbonyl (C=O) groups excluding carboxylic acids is 1. The Hall–Kier alpha value is -1.89. The molecule has 7 nitrogen and oxygen atoms in total. The van der Waals surface area contributed by atoms with E-state index >= 15 is 0 Å². The molecule has 0 saturated heterocycles. The summed E-state index contributed by atoms with van der Waals surface area (Å²) in [6, 6.07) is 2.38. The lowest BCUT2D eigenvalue weighted by Crippen LogP contribution is -2.26. The minimum absolute atomic E-state index is 0.0854. The van der Waals surface area contributed by atoms with Crippen LogP contribution in [0.4, 0.5) is 5.88 Å². The van der Waals surface area contributed by atoms with Gasteiger partial charge in [-0.05, 0) is 6.07 Å². The molecule has 1 heterocycles. The molecule has 0 fully saturated rings. The molecule has 1 amide bonds. The summed E-state index contributed by atoms with van der Waals surface area (Å²) < 4.78 is 9.40. The highest BCUT2D eigenvalue weighted by molar-refractivity contribution is 5.91. The second kappa shape index (κ2) is 5.11. The fourth-order valence-electron chi connectivity index (χ4n) is 0.902. The zero-order valence-corrected chi connectivity index (χ0v) is 8.06. The van der Waals surface area contributed by atoms with E-state index in [-0.39, 0.29) is 5.76 Å². The summed E-state index contributed by atoms with van der Waals surface area (Å²) >= 11 is 0. The first kappa shape index (κ1) is 11.2. The molecule has 0 aliphatic heterocycles. The van der Waals surface area contributed by atoms with Gasteiger partial charge in [0, 0.05) is 13.7 Å². The van der Waals surface area contributed by atoms with Gasteiger partial charge >= 0.3 is 5.88 Å². The molecule has 0 aromatic carbocycles. The number of nitrogens with zero attached hydrogens (tertiary/aromatic N) is 1. The van der Waals surface area contributed by atoms with E-state index in [1.165, 1.54) is 13.2 Å². The Morgan fingerprint density at radius 3 is 2.93 bits per heavy atom. The van der Waals surface area contributed by atoms with Crippen molar-refractivity contribution in [2.75, 3.05) is 20.3 Å².